The molecule has 0 radical (unpaired) electrons. The monoisotopic (exact) mass is 417 g/mol. The molecule has 1 aliphatic carbocycles. The molecule has 0 aromatic heterocycles. The van der Waals surface area contributed by atoms with Crippen LogP contribution in [0.1, 0.15) is 36.0 Å². The first-order chi connectivity index (χ1) is 14.9. The van der Waals surface area contributed by atoms with Gasteiger partial charge >= 0.3 is 0 Å². The van der Waals surface area contributed by atoms with E-state index in [1.165, 1.54) is 0 Å². The number of rotatable bonds is 4. The maximum Gasteiger partial charge on any atom is 0.230 e. The summed E-state index contributed by atoms with van der Waals surface area (Å²) in [4.78, 5) is 41.6. The van der Waals surface area contributed by atoms with Crippen LogP contribution in [0.4, 0.5) is 17.1 Å². The predicted octanol–water partition coefficient (Wildman–Crippen LogP) is 3.59. The predicted molar refractivity (Wildman–Crippen MR) is 120 cm³/mol. The van der Waals surface area contributed by atoms with Gasteiger partial charge in [0.2, 0.25) is 17.7 Å². The molecule has 2 aliphatic heterocycles. The number of carbonyl (C=O) groups excluding carboxylic acids is 3. The molecule has 0 bridgehead atoms. The molecule has 1 saturated carbocycles. The number of nitrogens with zero attached hydrogens (tertiary/aromatic N) is 2. The van der Waals surface area contributed by atoms with Crippen molar-refractivity contribution in [2.45, 2.75) is 39.5 Å². The number of anilines is 3. The number of fused-ring (bicyclic) bond motifs is 1. The van der Waals surface area contributed by atoms with Crippen LogP contribution in [0, 0.1) is 25.7 Å². The van der Waals surface area contributed by atoms with Gasteiger partial charge in [0.15, 0.2) is 0 Å². The van der Waals surface area contributed by atoms with Crippen LogP contribution >= 0.6 is 0 Å². The molecule has 160 valence electrons. The van der Waals surface area contributed by atoms with Gasteiger partial charge in [-0.2, -0.15) is 0 Å². The summed E-state index contributed by atoms with van der Waals surface area (Å²) in [6.07, 6.45) is 3.01. The van der Waals surface area contributed by atoms with Gasteiger partial charge in [0.05, 0.1) is 5.92 Å². The number of amides is 3. The van der Waals surface area contributed by atoms with Crippen LogP contribution in [0.15, 0.2) is 36.4 Å². The van der Waals surface area contributed by atoms with E-state index in [2.05, 4.69) is 5.32 Å². The van der Waals surface area contributed by atoms with Crippen molar-refractivity contribution >= 4 is 34.8 Å². The lowest BCUT2D eigenvalue weighted by molar-refractivity contribution is -0.122. The Balaban J connectivity index is 1.30. The van der Waals surface area contributed by atoms with Gasteiger partial charge in [0, 0.05) is 42.5 Å². The average molecular weight is 418 g/mol. The molecule has 3 amide bonds. The van der Waals surface area contributed by atoms with Crippen LogP contribution < -0.4 is 15.1 Å². The summed E-state index contributed by atoms with van der Waals surface area (Å²) in [5, 5.41) is 3.00. The summed E-state index contributed by atoms with van der Waals surface area (Å²) >= 11 is 0. The maximum absolute atomic E-state index is 12.8. The van der Waals surface area contributed by atoms with E-state index in [0.717, 1.165) is 53.0 Å². The van der Waals surface area contributed by atoms with Crippen LogP contribution in [0.5, 0.6) is 0 Å². The molecule has 2 fully saturated rings. The van der Waals surface area contributed by atoms with Gasteiger partial charge in [-0.05, 0) is 74.1 Å². The Morgan fingerprint density at radius 2 is 1.84 bits per heavy atom. The van der Waals surface area contributed by atoms with Gasteiger partial charge in [-0.15, -0.1) is 0 Å². The highest BCUT2D eigenvalue weighted by Crippen LogP contribution is 2.38. The quantitative estimate of drug-likeness (QED) is 0.827. The first-order valence-electron chi connectivity index (χ1n) is 11.0. The first kappa shape index (κ1) is 19.8. The maximum atomic E-state index is 12.8. The fourth-order valence-corrected chi connectivity index (χ4v) is 4.57. The molecule has 5 rings (SSSR count). The molecular formula is C25H27N3O3. The molecule has 6 heteroatoms. The van der Waals surface area contributed by atoms with E-state index < -0.39 is 0 Å². The zero-order chi connectivity index (χ0) is 21.7. The molecule has 1 N–H and O–H groups in total. The standard InChI is InChI=1S/C25H27N3O3/c1-15-3-4-16(2)21(11-15)26-24(30)19-13-23(29)28(14-19)20-7-8-22-18(12-20)9-10-27(22)25(31)17-5-6-17/h3-4,7-8,11-12,17,19H,5-6,9-10,13-14H2,1-2H3,(H,26,30)/t19-/m0/s1. The first-order valence-corrected chi connectivity index (χ1v) is 11.0. The number of benzene rings is 2. The minimum absolute atomic E-state index is 0.0371. The highest BCUT2D eigenvalue weighted by molar-refractivity contribution is 6.04. The zero-order valence-electron chi connectivity index (χ0n) is 18.0. The van der Waals surface area contributed by atoms with Crippen LogP contribution in [-0.2, 0) is 20.8 Å². The Morgan fingerprint density at radius 3 is 2.61 bits per heavy atom. The molecule has 1 atom stereocenters. The van der Waals surface area contributed by atoms with Crippen molar-refractivity contribution in [3.8, 4) is 0 Å². The molecule has 2 aromatic rings. The lowest BCUT2D eigenvalue weighted by Crippen LogP contribution is -2.30. The summed E-state index contributed by atoms with van der Waals surface area (Å²) in [5.74, 6) is -0.112. The van der Waals surface area contributed by atoms with Crippen molar-refractivity contribution in [1.29, 1.82) is 0 Å². The van der Waals surface area contributed by atoms with Gasteiger partial charge < -0.3 is 15.1 Å². The SMILES string of the molecule is Cc1ccc(C)c(NC(=O)[C@H]2CC(=O)N(c3ccc4c(c3)CCN4C(=O)C3CC3)C2)c1. The van der Waals surface area contributed by atoms with E-state index in [9.17, 15) is 14.4 Å². The Labute approximate surface area is 182 Å². The normalized spacial score (nSPS) is 20.2. The van der Waals surface area contributed by atoms with Gasteiger partial charge in [0.25, 0.3) is 0 Å². The third-order valence-corrected chi connectivity index (χ3v) is 6.61. The van der Waals surface area contributed by atoms with Crippen LogP contribution in [0.2, 0.25) is 0 Å². The van der Waals surface area contributed by atoms with E-state index in [4.69, 9.17) is 0 Å². The Kier molecular flexibility index (Phi) is 4.80. The molecule has 2 aromatic carbocycles. The average Bonchev–Trinajstić information content (AvgIpc) is 3.40. The molecule has 1 saturated heterocycles. The van der Waals surface area contributed by atoms with Gasteiger partial charge in [0.1, 0.15) is 0 Å². The Hall–Kier alpha value is -3.15. The van der Waals surface area contributed by atoms with Gasteiger partial charge in [-0.3, -0.25) is 14.4 Å². The molecule has 0 spiro atoms. The largest absolute Gasteiger partial charge is 0.326 e. The van der Waals surface area contributed by atoms with Crippen molar-refractivity contribution in [2.24, 2.45) is 11.8 Å². The molecular weight excluding hydrogens is 390 g/mol. The van der Waals surface area contributed by atoms with Crippen LogP contribution in [0.3, 0.4) is 0 Å². The Bertz CT molecular complexity index is 1090. The van der Waals surface area contributed by atoms with Crippen LogP contribution in [-0.4, -0.2) is 30.8 Å². The molecule has 0 unspecified atom stereocenters. The summed E-state index contributed by atoms with van der Waals surface area (Å²) in [6.45, 7) is 5.04. The van der Waals surface area contributed by atoms with Gasteiger partial charge in [-0.1, -0.05) is 12.1 Å². The third kappa shape index (κ3) is 3.71. The zero-order valence-corrected chi connectivity index (χ0v) is 18.0. The highest BCUT2D eigenvalue weighted by atomic mass is 16.2. The number of hydrogen-bond acceptors (Lipinski definition) is 3. The minimum atomic E-state index is -0.381. The molecule has 6 nitrogen and oxygen atoms in total. The van der Waals surface area contributed by atoms with Crippen molar-refractivity contribution in [1.82, 2.24) is 0 Å². The third-order valence-electron chi connectivity index (χ3n) is 6.61. The van der Waals surface area contributed by atoms with E-state index in [1.807, 2.05) is 55.1 Å². The number of aryl methyl sites for hydroxylation is 2. The molecule has 2 heterocycles. The molecule has 31 heavy (non-hydrogen) atoms. The lowest BCUT2D eigenvalue weighted by atomic mass is 10.1. The second-order valence-corrected chi connectivity index (χ2v) is 9.04. The van der Waals surface area contributed by atoms with Crippen molar-refractivity contribution in [3.63, 3.8) is 0 Å². The summed E-state index contributed by atoms with van der Waals surface area (Å²) in [5.41, 5.74) is 5.76. The van der Waals surface area contributed by atoms with Crippen molar-refractivity contribution in [3.05, 3.63) is 53.1 Å². The number of nitrogens with one attached hydrogen (secondary N) is 1. The fraction of sp³-hybridized carbons (Fsp3) is 0.400. The summed E-state index contributed by atoms with van der Waals surface area (Å²) in [6, 6.07) is 11.8. The number of carbonyl (C=O) groups is 3. The topological polar surface area (TPSA) is 69.7 Å². The fourth-order valence-electron chi connectivity index (χ4n) is 4.57. The number of hydrogen-bond donors (Lipinski definition) is 1. The van der Waals surface area contributed by atoms with Crippen molar-refractivity contribution in [2.75, 3.05) is 28.2 Å². The van der Waals surface area contributed by atoms with E-state index in [0.29, 0.717) is 13.1 Å². The lowest BCUT2D eigenvalue weighted by Gasteiger charge is -2.20. The van der Waals surface area contributed by atoms with Crippen LogP contribution in [0.25, 0.3) is 0 Å². The Morgan fingerprint density at radius 1 is 1.03 bits per heavy atom. The summed E-state index contributed by atoms with van der Waals surface area (Å²) in [7, 11) is 0. The molecule has 3 aliphatic rings. The second kappa shape index (κ2) is 7.52. The van der Waals surface area contributed by atoms with E-state index >= 15 is 0 Å². The van der Waals surface area contributed by atoms with Crippen molar-refractivity contribution < 1.29 is 14.4 Å². The van der Waals surface area contributed by atoms with E-state index in [1.54, 1.807) is 4.90 Å². The summed E-state index contributed by atoms with van der Waals surface area (Å²) < 4.78 is 0. The highest BCUT2D eigenvalue weighted by Gasteiger charge is 2.38. The van der Waals surface area contributed by atoms with Gasteiger partial charge in [-0.25, -0.2) is 0 Å². The van der Waals surface area contributed by atoms with E-state index in [-0.39, 0.29) is 36.0 Å². The second-order valence-electron chi connectivity index (χ2n) is 9.04. The minimum Gasteiger partial charge on any atom is -0.326 e. The smallest absolute Gasteiger partial charge is 0.230 e.